The van der Waals surface area contributed by atoms with Crippen molar-refractivity contribution in [2.45, 2.75) is 18.9 Å². The van der Waals surface area contributed by atoms with E-state index in [1.165, 1.54) is 0 Å². The summed E-state index contributed by atoms with van der Waals surface area (Å²) in [5, 5.41) is 9.08. The van der Waals surface area contributed by atoms with Crippen molar-refractivity contribution in [2.24, 2.45) is 5.73 Å². The molecule has 1 aromatic rings. The van der Waals surface area contributed by atoms with Gasteiger partial charge in [-0.3, -0.25) is 4.79 Å². The maximum atomic E-state index is 10.3. The minimum absolute atomic E-state index is 0.0619. The van der Waals surface area contributed by atoms with Gasteiger partial charge in [-0.15, -0.1) is 0 Å². The zero-order valence-corrected chi connectivity index (χ0v) is 8.37. The molecule has 3 N–H and O–H groups in total. The summed E-state index contributed by atoms with van der Waals surface area (Å²) in [7, 11) is 0. The van der Waals surface area contributed by atoms with Gasteiger partial charge < -0.3 is 10.8 Å². The van der Waals surface area contributed by atoms with Crippen molar-refractivity contribution < 1.29 is 9.90 Å². The summed E-state index contributed by atoms with van der Waals surface area (Å²) in [6, 6.07) is 6.91. The van der Waals surface area contributed by atoms with E-state index in [-0.39, 0.29) is 12.5 Å². The van der Waals surface area contributed by atoms with E-state index in [4.69, 9.17) is 22.4 Å². The second kappa shape index (κ2) is 4.98. The maximum absolute atomic E-state index is 10.3. The van der Waals surface area contributed by atoms with Crippen LogP contribution >= 0.6 is 11.6 Å². The lowest BCUT2D eigenvalue weighted by Crippen LogP contribution is -2.12. The summed E-state index contributed by atoms with van der Waals surface area (Å²) < 4.78 is 0. The Hall–Kier alpha value is -1.06. The van der Waals surface area contributed by atoms with Crippen LogP contribution in [0.25, 0.3) is 0 Å². The smallest absolute Gasteiger partial charge is 0.303 e. The van der Waals surface area contributed by atoms with Crippen molar-refractivity contribution in [2.75, 3.05) is 0 Å². The van der Waals surface area contributed by atoms with E-state index in [0.717, 1.165) is 5.56 Å². The highest BCUT2D eigenvalue weighted by Gasteiger charge is 2.10. The molecule has 0 radical (unpaired) electrons. The highest BCUT2D eigenvalue weighted by molar-refractivity contribution is 6.31. The number of benzene rings is 1. The number of hydrogen-bond acceptors (Lipinski definition) is 2. The third kappa shape index (κ3) is 3.01. The summed E-state index contributed by atoms with van der Waals surface area (Å²) in [5.74, 6) is -0.840. The lowest BCUT2D eigenvalue weighted by molar-refractivity contribution is -0.137. The fourth-order valence-corrected chi connectivity index (χ4v) is 1.49. The molecule has 3 nitrogen and oxygen atoms in total. The molecule has 0 saturated heterocycles. The van der Waals surface area contributed by atoms with Crippen molar-refractivity contribution in [3.05, 3.63) is 34.9 Å². The second-order valence-electron chi connectivity index (χ2n) is 3.06. The predicted octanol–water partition coefficient (Wildman–Crippen LogP) is 2.20. The number of halogens is 1. The first kappa shape index (κ1) is 11.0. The molecule has 0 amide bonds. The molecule has 14 heavy (non-hydrogen) atoms. The van der Waals surface area contributed by atoms with Crippen LogP contribution in [0, 0.1) is 0 Å². The topological polar surface area (TPSA) is 63.3 Å². The fourth-order valence-electron chi connectivity index (χ4n) is 1.21. The third-order valence-corrected chi connectivity index (χ3v) is 2.32. The third-order valence-electron chi connectivity index (χ3n) is 1.97. The van der Waals surface area contributed by atoms with Crippen LogP contribution in [0.5, 0.6) is 0 Å². The van der Waals surface area contributed by atoms with E-state index in [0.29, 0.717) is 11.4 Å². The fraction of sp³-hybridized carbons (Fsp3) is 0.300. The van der Waals surface area contributed by atoms with Crippen LogP contribution in [0.3, 0.4) is 0 Å². The molecule has 4 heteroatoms. The average molecular weight is 214 g/mol. The Bertz CT molecular complexity index is 328. The Morgan fingerprint density at radius 3 is 2.71 bits per heavy atom. The van der Waals surface area contributed by atoms with Crippen molar-refractivity contribution in [1.29, 1.82) is 0 Å². The van der Waals surface area contributed by atoms with Gasteiger partial charge in [-0.25, -0.2) is 0 Å². The zero-order chi connectivity index (χ0) is 10.6. The lowest BCUT2D eigenvalue weighted by Gasteiger charge is -2.11. The normalized spacial score (nSPS) is 12.4. The highest BCUT2D eigenvalue weighted by Crippen LogP contribution is 2.23. The van der Waals surface area contributed by atoms with Crippen LogP contribution in [0.15, 0.2) is 24.3 Å². The summed E-state index contributed by atoms with van der Waals surface area (Å²) >= 11 is 5.91. The Balaban J connectivity index is 2.65. The number of carboxylic acids is 1. The molecule has 0 aliphatic rings. The Morgan fingerprint density at radius 1 is 1.50 bits per heavy atom. The number of rotatable bonds is 4. The minimum atomic E-state index is -0.840. The predicted molar refractivity (Wildman–Crippen MR) is 55.3 cm³/mol. The van der Waals surface area contributed by atoms with Crippen molar-refractivity contribution >= 4 is 17.6 Å². The van der Waals surface area contributed by atoms with E-state index >= 15 is 0 Å². The number of nitrogens with two attached hydrogens (primary N) is 1. The van der Waals surface area contributed by atoms with E-state index < -0.39 is 5.97 Å². The quantitative estimate of drug-likeness (QED) is 0.806. The van der Waals surface area contributed by atoms with Crippen LogP contribution in [0.1, 0.15) is 24.4 Å². The van der Waals surface area contributed by atoms with Crippen molar-refractivity contribution in [3.8, 4) is 0 Å². The van der Waals surface area contributed by atoms with Gasteiger partial charge in [0.2, 0.25) is 0 Å². The summed E-state index contributed by atoms with van der Waals surface area (Å²) in [4.78, 5) is 10.3. The first-order valence-electron chi connectivity index (χ1n) is 4.33. The standard InChI is InChI=1S/C10H12ClNO2/c11-8-4-2-1-3-7(8)9(12)5-6-10(13)14/h1-4,9H,5-6,12H2,(H,13,14)/t9-/m1/s1. The summed E-state index contributed by atoms with van der Waals surface area (Å²) in [6.07, 6.45) is 0.464. The molecule has 0 aliphatic heterocycles. The molecule has 1 aromatic carbocycles. The summed E-state index contributed by atoms with van der Waals surface area (Å²) in [5.41, 5.74) is 6.60. The van der Waals surface area contributed by atoms with Gasteiger partial charge in [0.15, 0.2) is 0 Å². The van der Waals surface area contributed by atoms with E-state index in [9.17, 15) is 4.79 Å². The average Bonchev–Trinajstić information content (AvgIpc) is 2.15. The molecule has 1 rings (SSSR count). The van der Waals surface area contributed by atoms with Gasteiger partial charge in [0.05, 0.1) is 0 Å². The highest BCUT2D eigenvalue weighted by atomic mass is 35.5. The number of hydrogen-bond donors (Lipinski definition) is 2. The van der Waals surface area contributed by atoms with Crippen LogP contribution in [0.2, 0.25) is 5.02 Å². The molecule has 76 valence electrons. The molecule has 0 saturated carbocycles. The van der Waals surface area contributed by atoms with Gasteiger partial charge in [0.1, 0.15) is 0 Å². The zero-order valence-electron chi connectivity index (χ0n) is 7.61. The molecular formula is C10H12ClNO2. The Morgan fingerprint density at radius 2 is 2.14 bits per heavy atom. The van der Waals surface area contributed by atoms with Gasteiger partial charge in [-0.1, -0.05) is 29.8 Å². The van der Waals surface area contributed by atoms with Gasteiger partial charge in [0.25, 0.3) is 0 Å². The van der Waals surface area contributed by atoms with Gasteiger partial charge >= 0.3 is 5.97 Å². The second-order valence-corrected chi connectivity index (χ2v) is 3.47. The monoisotopic (exact) mass is 213 g/mol. The molecule has 0 spiro atoms. The molecule has 0 aliphatic carbocycles. The number of carbonyl (C=O) groups is 1. The molecule has 0 heterocycles. The van der Waals surface area contributed by atoms with Crippen molar-refractivity contribution in [1.82, 2.24) is 0 Å². The molecule has 0 fully saturated rings. The van der Waals surface area contributed by atoms with Gasteiger partial charge in [-0.05, 0) is 18.1 Å². The van der Waals surface area contributed by atoms with Crippen LogP contribution < -0.4 is 5.73 Å². The minimum Gasteiger partial charge on any atom is -0.481 e. The van der Waals surface area contributed by atoms with Crippen molar-refractivity contribution in [3.63, 3.8) is 0 Å². The SMILES string of the molecule is N[C@H](CCC(=O)O)c1ccccc1Cl. The van der Waals surface area contributed by atoms with Gasteiger partial charge in [-0.2, -0.15) is 0 Å². The molecule has 1 atom stereocenters. The van der Waals surface area contributed by atoms with E-state index in [1.807, 2.05) is 18.2 Å². The Kier molecular flexibility index (Phi) is 3.92. The number of aliphatic carboxylic acids is 1. The van der Waals surface area contributed by atoms with Crippen LogP contribution in [-0.2, 0) is 4.79 Å². The van der Waals surface area contributed by atoms with Crippen LogP contribution in [0.4, 0.5) is 0 Å². The molecular weight excluding hydrogens is 202 g/mol. The maximum Gasteiger partial charge on any atom is 0.303 e. The molecule has 0 bridgehead atoms. The van der Waals surface area contributed by atoms with E-state index in [1.54, 1.807) is 6.07 Å². The largest absolute Gasteiger partial charge is 0.481 e. The lowest BCUT2D eigenvalue weighted by atomic mass is 10.0. The first-order valence-corrected chi connectivity index (χ1v) is 4.71. The van der Waals surface area contributed by atoms with Crippen LogP contribution in [-0.4, -0.2) is 11.1 Å². The Labute approximate surface area is 87.5 Å². The van der Waals surface area contributed by atoms with Gasteiger partial charge in [0, 0.05) is 17.5 Å². The number of carboxylic acid groups (broad SMARTS) is 1. The molecule has 0 aromatic heterocycles. The van der Waals surface area contributed by atoms with E-state index in [2.05, 4.69) is 0 Å². The first-order chi connectivity index (χ1) is 6.61. The molecule has 0 unspecified atom stereocenters. The summed E-state index contributed by atoms with van der Waals surface area (Å²) in [6.45, 7) is 0.